The third kappa shape index (κ3) is 3.95. The SMILES string of the molecule is COCCn1cccc1[C@@H]1[C@@H](c2ccccn2)NC(=S)N1c1ccc(Br)c(C)c1. The summed E-state index contributed by atoms with van der Waals surface area (Å²) in [5.74, 6) is 0. The summed E-state index contributed by atoms with van der Waals surface area (Å²) in [4.78, 5) is 6.82. The molecule has 5 nitrogen and oxygen atoms in total. The zero-order valence-corrected chi connectivity index (χ0v) is 18.8. The molecular formula is C22H23BrN4OS. The highest BCUT2D eigenvalue weighted by atomic mass is 79.9. The molecule has 2 atom stereocenters. The maximum atomic E-state index is 5.80. The van der Waals surface area contributed by atoms with Crippen LogP contribution in [0.25, 0.3) is 0 Å². The van der Waals surface area contributed by atoms with Gasteiger partial charge in [-0.2, -0.15) is 0 Å². The highest BCUT2D eigenvalue weighted by Crippen LogP contribution is 2.42. The molecule has 3 aromatic rings. The predicted molar refractivity (Wildman–Crippen MR) is 123 cm³/mol. The van der Waals surface area contributed by atoms with Crippen LogP contribution < -0.4 is 10.2 Å². The van der Waals surface area contributed by atoms with Gasteiger partial charge < -0.3 is 19.5 Å². The fourth-order valence-corrected chi connectivity index (χ4v) is 4.39. The summed E-state index contributed by atoms with van der Waals surface area (Å²) in [7, 11) is 1.73. The molecule has 4 rings (SSSR count). The van der Waals surface area contributed by atoms with Gasteiger partial charge in [0.05, 0.1) is 18.3 Å². The van der Waals surface area contributed by atoms with Crippen molar-refractivity contribution in [3.05, 3.63) is 82.3 Å². The normalized spacial score (nSPS) is 18.9. The average molecular weight is 471 g/mol. The zero-order chi connectivity index (χ0) is 20.4. The second-order valence-corrected chi connectivity index (χ2v) is 8.29. The van der Waals surface area contributed by atoms with Crippen molar-refractivity contribution in [1.29, 1.82) is 0 Å². The second-order valence-electron chi connectivity index (χ2n) is 7.05. The van der Waals surface area contributed by atoms with Crippen LogP contribution in [0.1, 0.15) is 29.0 Å². The molecule has 150 valence electrons. The molecule has 2 aromatic heterocycles. The maximum Gasteiger partial charge on any atom is 0.174 e. The lowest BCUT2D eigenvalue weighted by Gasteiger charge is -2.29. The Morgan fingerprint density at radius 1 is 1.21 bits per heavy atom. The number of nitrogens with zero attached hydrogens (tertiary/aromatic N) is 3. The van der Waals surface area contributed by atoms with E-state index < -0.39 is 0 Å². The second kappa shape index (κ2) is 8.65. The Morgan fingerprint density at radius 2 is 2.07 bits per heavy atom. The molecule has 1 fully saturated rings. The Morgan fingerprint density at radius 3 is 2.79 bits per heavy atom. The molecule has 1 aliphatic rings. The number of halogens is 1. The molecule has 1 saturated heterocycles. The molecule has 0 aliphatic carbocycles. The van der Waals surface area contributed by atoms with Gasteiger partial charge in [0.15, 0.2) is 5.11 Å². The quantitative estimate of drug-likeness (QED) is 0.525. The van der Waals surface area contributed by atoms with Gasteiger partial charge in [0, 0.05) is 41.9 Å². The number of hydrogen-bond donors (Lipinski definition) is 1. The van der Waals surface area contributed by atoms with Crippen LogP contribution in [0.3, 0.4) is 0 Å². The lowest BCUT2D eigenvalue weighted by molar-refractivity contribution is 0.186. The van der Waals surface area contributed by atoms with Gasteiger partial charge in [-0.25, -0.2) is 0 Å². The Labute approximate surface area is 184 Å². The summed E-state index contributed by atoms with van der Waals surface area (Å²) >= 11 is 9.40. The van der Waals surface area contributed by atoms with Crippen molar-refractivity contribution >= 4 is 38.9 Å². The van der Waals surface area contributed by atoms with E-state index in [1.165, 1.54) is 11.3 Å². The average Bonchev–Trinajstić information content (AvgIpc) is 3.33. The van der Waals surface area contributed by atoms with Crippen molar-refractivity contribution in [2.45, 2.75) is 25.6 Å². The van der Waals surface area contributed by atoms with Crippen LogP contribution in [0.5, 0.6) is 0 Å². The first-order valence-electron chi connectivity index (χ1n) is 9.51. The first-order valence-corrected chi connectivity index (χ1v) is 10.7. The number of anilines is 1. The molecule has 29 heavy (non-hydrogen) atoms. The number of methoxy groups -OCH3 is 1. The Bertz CT molecular complexity index is 1010. The third-order valence-corrected chi connectivity index (χ3v) is 6.43. The smallest absolute Gasteiger partial charge is 0.174 e. The van der Waals surface area contributed by atoms with Crippen molar-refractivity contribution < 1.29 is 4.74 Å². The van der Waals surface area contributed by atoms with Gasteiger partial charge in [0.1, 0.15) is 6.04 Å². The van der Waals surface area contributed by atoms with E-state index in [1.54, 1.807) is 7.11 Å². The van der Waals surface area contributed by atoms with Gasteiger partial charge in [0.25, 0.3) is 0 Å². The summed E-state index contributed by atoms with van der Waals surface area (Å²) in [6.45, 7) is 3.52. The van der Waals surface area contributed by atoms with E-state index in [1.807, 2.05) is 24.4 Å². The van der Waals surface area contributed by atoms with Crippen LogP contribution in [-0.4, -0.2) is 28.4 Å². The standard InChI is InChI=1S/C22H23BrN4OS/c1-15-14-16(8-9-17(15)23)27-21(19-7-5-11-26(19)12-13-28-2)20(25-22(27)29)18-6-3-4-10-24-18/h3-11,14,20-21H,12-13H2,1-2H3,(H,25,29)/t20-,21-/m1/s1. The predicted octanol–water partition coefficient (Wildman–Crippen LogP) is 4.78. The number of benzene rings is 1. The summed E-state index contributed by atoms with van der Waals surface area (Å²) in [5.41, 5.74) is 4.37. The molecule has 0 spiro atoms. The molecule has 0 bridgehead atoms. The highest BCUT2D eigenvalue weighted by molar-refractivity contribution is 9.10. The number of rotatable bonds is 6. The van der Waals surface area contributed by atoms with Gasteiger partial charge in [-0.05, 0) is 67.2 Å². The van der Waals surface area contributed by atoms with Gasteiger partial charge in [-0.1, -0.05) is 22.0 Å². The minimum absolute atomic E-state index is 0.0233. The van der Waals surface area contributed by atoms with Gasteiger partial charge in [-0.15, -0.1) is 0 Å². The fourth-order valence-electron chi connectivity index (χ4n) is 3.80. The minimum Gasteiger partial charge on any atom is -0.383 e. The monoisotopic (exact) mass is 470 g/mol. The molecule has 0 unspecified atom stereocenters. The van der Waals surface area contributed by atoms with E-state index in [4.69, 9.17) is 17.0 Å². The lowest BCUT2D eigenvalue weighted by Crippen LogP contribution is -2.30. The number of nitrogens with one attached hydrogen (secondary N) is 1. The molecular weight excluding hydrogens is 448 g/mol. The van der Waals surface area contributed by atoms with Crippen molar-refractivity contribution in [2.24, 2.45) is 0 Å². The van der Waals surface area contributed by atoms with Crippen molar-refractivity contribution in [2.75, 3.05) is 18.6 Å². The summed E-state index contributed by atoms with van der Waals surface area (Å²) in [5, 5.41) is 4.21. The number of hydrogen-bond acceptors (Lipinski definition) is 3. The largest absolute Gasteiger partial charge is 0.383 e. The molecule has 1 N–H and O–H groups in total. The molecule has 7 heteroatoms. The van der Waals surface area contributed by atoms with E-state index in [9.17, 15) is 0 Å². The number of aryl methyl sites for hydroxylation is 1. The van der Waals surface area contributed by atoms with Crippen LogP contribution in [0.4, 0.5) is 5.69 Å². The van der Waals surface area contributed by atoms with Crippen LogP contribution in [-0.2, 0) is 11.3 Å². The first-order chi connectivity index (χ1) is 14.1. The molecule has 3 heterocycles. The Balaban J connectivity index is 1.82. The van der Waals surface area contributed by atoms with Crippen molar-refractivity contribution in [1.82, 2.24) is 14.9 Å². The number of aromatic nitrogens is 2. The van der Waals surface area contributed by atoms with Crippen LogP contribution in [0.15, 0.2) is 65.4 Å². The van der Waals surface area contributed by atoms with E-state index in [0.29, 0.717) is 11.7 Å². The van der Waals surface area contributed by atoms with Gasteiger partial charge in [0.2, 0.25) is 0 Å². The van der Waals surface area contributed by atoms with Crippen LogP contribution in [0.2, 0.25) is 0 Å². The lowest BCUT2D eigenvalue weighted by atomic mass is 10.0. The molecule has 0 radical (unpaired) electrons. The van der Waals surface area contributed by atoms with E-state index >= 15 is 0 Å². The van der Waals surface area contributed by atoms with Crippen molar-refractivity contribution in [3.63, 3.8) is 0 Å². The summed E-state index contributed by atoms with van der Waals surface area (Å²) < 4.78 is 8.63. The number of ether oxygens (including phenoxy) is 1. The molecule has 1 aliphatic heterocycles. The summed E-state index contributed by atoms with van der Waals surface area (Å²) in [6, 6.07) is 16.5. The molecule has 1 aromatic carbocycles. The highest BCUT2D eigenvalue weighted by Gasteiger charge is 2.42. The van der Waals surface area contributed by atoms with E-state index in [0.717, 1.165) is 22.4 Å². The minimum atomic E-state index is -0.0520. The molecule has 0 amide bonds. The first kappa shape index (κ1) is 20.1. The Hall–Kier alpha value is -2.22. The van der Waals surface area contributed by atoms with Crippen LogP contribution in [0, 0.1) is 6.92 Å². The third-order valence-electron chi connectivity index (χ3n) is 5.22. The van der Waals surface area contributed by atoms with E-state index in [2.05, 4.69) is 79.2 Å². The van der Waals surface area contributed by atoms with Crippen LogP contribution >= 0.6 is 28.1 Å². The molecule has 0 saturated carbocycles. The van der Waals surface area contributed by atoms with E-state index in [-0.39, 0.29) is 12.1 Å². The maximum absolute atomic E-state index is 5.80. The van der Waals surface area contributed by atoms with Crippen molar-refractivity contribution in [3.8, 4) is 0 Å². The number of thiocarbonyl (C=S) groups is 1. The zero-order valence-electron chi connectivity index (χ0n) is 16.4. The number of pyridine rings is 1. The van der Waals surface area contributed by atoms with Gasteiger partial charge in [-0.3, -0.25) is 4.98 Å². The fraction of sp³-hybridized carbons (Fsp3) is 0.273. The summed E-state index contributed by atoms with van der Waals surface area (Å²) in [6.07, 6.45) is 3.92. The van der Waals surface area contributed by atoms with Gasteiger partial charge >= 0.3 is 0 Å². The Kier molecular flexibility index (Phi) is 5.99. The topological polar surface area (TPSA) is 42.3 Å².